The molecule has 2 aromatic carbocycles. The van der Waals surface area contributed by atoms with Crippen molar-refractivity contribution in [1.29, 1.82) is 0 Å². The average molecular weight is 326 g/mol. The molecule has 0 aliphatic rings. The molecule has 0 fully saturated rings. The van der Waals surface area contributed by atoms with E-state index in [9.17, 15) is 9.59 Å². The summed E-state index contributed by atoms with van der Waals surface area (Å²) < 4.78 is 5.43. The fraction of sp³-hybridized carbons (Fsp3) is 0.263. The van der Waals surface area contributed by atoms with Crippen LogP contribution in [0.1, 0.15) is 22.8 Å². The fourth-order valence-corrected chi connectivity index (χ4v) is 2.44. The number of ether oxygens (including phenoxy) is 1. The number of nitrogens with one attached hydrogen (secondary N) is 2. The molecule has 24 heavy (non-hydrogen) atoms. The van der Waals surface area contributed by atoms with Gasteiger partial charge in [0.2, 0.25) is 0 Å². The van der Waals surface area contributed by atoms with Gasteiger partial charge in [0.1, 0.15) is 0 Å². The molecule has 2 N–H and O–H groups in total. The van der Waals surface area contributed by atoms with E-state index >= 15 is 0 Å². The molecule has 2 rings (SSSR count). The van der Waals surface area contributed by atoms with Gasteiger partial charge in [-0.1, -0.05) is 36.4 Å². The summed E-state index contributed by atoms with van der Waals surface area (Å²) in [4.78, 5) is 24.0. The third-order valence-corrected chi connectivity index (χ3v) is 3.75. The van der Waals surface area contributed by atoms with Crippen molar-refractivity contribution < 1.29 is 14.3 Å². The van der Waals surface area contributed by atoms with Crippen LogP contribution in [0.4, 0.5) is 5.69 Å². The Labute approximate surface area is 142 Å². The zero-order valence-electron chi connectivity index (χ0n) is 14.1. The van der Waals surface area contributed by atoms with Crippen LogP contribution in [0.2, 0.25) is 0 Å². The number of anilines is 1. The molecule has 0 aliphatic heterocycles. The first kappa shape index (κ1) is 17.7. The van der Waals surface area contributed by atoms with E-state index in [4.69, 9.17) is 4.74 Å². The Kier molecular flexibility index (Phi) is 6.09. The second-order valence-corrected chi connectivity index (χ2v) is 5.61. The number of carbonyl (C=O) groups excluding carboxylic acids is 2. The number of aryl methyl sites for hydroxylation is 2. The van der Waals surface area contributed by atoms with Crippen molar-refractivity contribution >= 4 is 17.5 Å². The zero-order chi connectivity index (χ0) is 17.5. The van der Waals surface area contributed by atoms with Crippen LogP contribution in [-0.4, -0.2) is 25.5 Å². The Morgan fingerprint density at radius 1 is 1.04 bits per heavy atom. The second-order valence-electron chi connectivity index (χ2n) is 5.61. The highest BCUT2D eigenvalue weighted by molar-refractivity contribution is 6.39. The molecule has 0 heterocycles. The van der Waals surface area contributed by atoms with Gasteiger partial charge < -0.3 is 15.4 Å². The predicted octanol–water partition coefficient (Wildman–Crippen LogP) is 2.75. The molecule has 0 aromatic heterocycles. The molecule has 0 saturated heterocycles. The minimum atomic E-state index is -0.694. The van der Waals surface area contributed by atoms with E-state index in [1.165, 1.54) is 0 Å². The third kappa shape index (κ3) is 4.67. The Morgan fingerprint density at radius 3 is 2.46 bits per heavy atom. The van der Waals surface area contributed by atoms with E-state index in [0.29, 0.717) is 5.69 Å². The molecule has 0 aliphatic carbocycles. The number of methoxy groups -OCH3 is 1. The van der Waals surface area contributed by atoms with Gasteiger partial charge in [0.25, 0.3) is 0 Å². The largest absolute Gasteiger partial charge is 0.375 e. The highest BCUT2D eigenvalue weighted by Crippen LogP contribution is 2.19. The SMILES string of the molecule is COC(CNC(=O)C(=O)Nc1cccc(C)c1)c1ccccc1C. The summed E-state index contributed by atoms with van der Waals surface area (Å²) >= 11 is 0. The monoisotopic (exact) mass is 326 g/mol. The zero-order valence-corrected chi connectivity index (χ0v) is 14.1. The molecule has 0 spiro atoms. The van der Waals surface area contributed by atoms with Gasteiger partial charge in [-0.3, -0.25) is 9.59 Å². The Hall–Kier alpha value is -2.66. The molecule has 1 unspecified atom stereocenters. The summed E-state index contributed by atoms with van der Waals surface area (Å²) in [5, 5.41) is 5.20. The Balaban J connectivity index is 1.94. The Bertz CT molecular complexity index is 728. The average Bonchev–Trinajstić information content (AvgIpc) is 2.56. The van der Waals surface area contributed by atoms with Crippen molar-refractivity contribution in [2.75, 3.05) is 19.0 Å². The lowest BCUT2D eigenvalue weighted by Gasteiger charge is -2.18. The molecule has 1 atom stereocenters. The normalized spacial score (nSPS) is 11.6. The molecule has 0 saturated carbocycles. The first-order chi connectivity index (χ1) is 11.5. The summed E-state index contributed by atoms with van der Waals surface area (Å²) in [6.07, 6.45) is -0.304. The van der Waals surface area contributed by atoms with E-state index < -0.39 is 11.8 Å². The quantitative estimate of drug-likeness (QED) is 0.830. The highest BCUT2D eigenvalue weighted by Gasteiger charge is 2.18. The van der Waals surface area contributed by atoms with Crippen LogP contribution in [0.25, 0.3) is 0 Å². The molecule has 0 radical (unpaired) electrons. The van der Waals surface area contributed by atoms with Gasteiger partial charge in [0.15, 0.2) is 0 Å². The number of carbonyl (C=O) groups is 2. The van der Waals surface area contributed by atoms with Crippen LogP contribution in [0, 0.1) is 13.8 Å². The van der Waals surface area contributed by atoms with Crippen molar-refractivity contribution in [3.8, 4) is 0 Å². The van der Waals surface area contributed by atoms with Crippen molar-refractivity contribution in [3.63, 3.8) is 0 Å². The minimum absolute atomic E-state index is 0.224. The van der Waals surface area contributed by atoms with Crippen LogP contribution in [0.3, 0.4) is 0 Å². The maximum atomic E-state index is 12.0. The van der Waals surface area contributed by atoms with Crippen molar-refractivity contribution in [1.82, 2.24) is 5.32 Å². The fourth-order valence-electron chi connectivity index (χ4n) is 2.44. The van der Waals surface area contributed by atoms with Gasteiger partial charge in [-0.2, -0.15) is 0 Å². The maximum Gasteiger partial charge on any atom is 0.313 e. The number of benzene rings is 2. The summed E-state index contributed by atoms with van der Waals surface area (Å²) in [7, 11) is 1.58. The first-order valence-electron chi connectivity index (χ1n) is 7.75. The lowest BCUT2D eigenvalue weighted by Crippen LogP contribution is -2.38. The molecular formula is C19H22N2O3. The third-order valence-electron chi connectivity index (χ3n) is 3.75. The van der Waals surface area contributed by atoms with Crippen LogP contribution in [-0.2, 0) is 14.3 Å². The van der Waals surface area contributed by atoms with Gasteiger partial charge in [0, 0.05) is 19.3 Å². The summed E-state index contributed by atoms with van der Waals surface area (Å²) in [5.74, 6) is -1.38. The summed E-state index contributed by atoms with van der Waals surface area (Å²) in [6.45, 7) is 4.12. The van der Waals surface area contributed by atoms with Crippen LogP contribution >= 0.6 is 0 Å². The van der Waals surface area contributed by atoms with Gasteiger partial charge in [0.05, 0.1) is 6.10 Å². The smallest absolute Gasteiger partial charge is 0.313 e. The Morgan fingerprint density at radius 2 is 1.79 bits per heavy atom. The van der Waals surface area contributed by atoms with E-state index in [-0.39, 0.29) is 12.6 Å². The van der Waals surface area contributed by atoms with Crippen LogP contribution in [0.15, 0.2) is 48.5 Å². The standard InChI is InChI=1S/C19H22N2O3/c1-13-7-6-9-15(11-13)21-19(23)18(22)20-12-17(24-3)16-10-5-4-8-14(16)2/h4-11,17H,12H2,1-3H3,(H,20,22)(H,21,23). The van der Waals surface area contributed by atoms with Gasteiger partial charge >= 0.3 is 11.8 Å². The lowest BCUT2D eigenvalue weighted by atomic mass is 10.0. The minimum Gasteiger partial charge on any atom is -0.375 e. The number of rotatable bonds is 5. The highest BCUT2D eigenvalue weighted by atomic mass is 16.5. The van der Waals surface area contributed by atoms with Crippen molar-refractivity contribution in [3.05, 3.63) is 65.2 Å². The maximum absolute atomic E-state index is 12.0. The lowest BCUT2D eigenvalue weighted by molar-refractivity contribution is -0.136. The molecule has 2 amide bonds. The van der Waals surface area contributed by atoms with E-state index in [1.54, 1.807) is 19.2 Å². The topological polar surface area (TPSA) is 67.4 Å². The van der Waals surface area contributed by atoms with Crippen LogP contribution < -0.4 is 10.6 Å². The first-order valence-corrected chi connectivity index (χ1v) is 7.75. The van der Waals surface area contributed by atoms with E-state index in [0.717, 1.165) is 16.7 Å². The summed E-state index contributed by atoms with van der Waals surface area (Å²) in [6, 6.07) is 15.1. The summed E-state index contributed by atoms with van der Waals surface area (Å²) in [5.41, 5.74) is 3.66. The second kappa shape index (κ2) is 8.26. The molecule has 126 valence electrons. The number of hydrogen-bond donors (Lipinski definition) is 2. The van der Waals surface area contributed by atoms with Gasteiger partial charge in [-0.25, -0.2) is 0 Å². The van der Waals surface area contributed by atoms with Crippen molar-refractivity contribution in [2.24, 2.45) is 0 Å². The molecule has 5 heteroatoms. The molecule has 2 aromatic rings. The predicted molar refractivity (Wildman–Crippen MR) is 93.7 cm³/mol. The van der Waals surface area contributed by atoms with E-state index in [2.05, 4.69) is 10.6 Å². The number of hydrogen-bond acceptors (Lipinski definition) is 3. The van der Waals surface area contributed by atoms with E-state index in [1.807, 2.05) is 50.2 Å². The molecular weight excluding hydrogens is 304 g/mol. The molecule has 5 nitrogen and oxygen atoms in total. The van der Waals surface area contributed by atoms with Crippen molar-refractivity contribution in [2.45, 2.75) is 20.0 Å². The van der Waals surface area contributed by atoms with Gasteiger partial charge in [-0.05, 0) is 42.7 Å². The van der Waals surface area contributed by atoms with Crippen LogP contribution in [0.5, 0.6) is 0 Å². The van der Waals surface area contributed by atoms with Gasteiger partial charge in [-0.15, -0.1) is 0 Å². The molecule has 0 bridgehead atoms. The number of amides is 2.